The molecule has 1 aromatic rings. The van der Waals surface area contributed by atoms with Crippen LogP contribution in [0.4, 0.5) is 0 Å². The molecule has 0 spiro atoms. The molecule has 1 aliphatic rings. The average Bonchev–Trinajstić information content (AvgIpc) is 2.88. The third-order valence-corrected chi connectivity index (χ3v) is 5.01. The highest BCUT2D eigenvalue weighted by Gasteiger charge is 2.34. The predicted octanol–water partition coefficient (Wildman–Crippen LogP) is 0.660. The number of hydrogen-bond donors (Lipinski definition) is 1. The Kier molecular flexibility index (Phi) is 4.04. The summed E-state index contributed by atoms with van der Waals surface area (Å²) in [7, 11) is -3.37. The Balaban J connectivity index is 2.10. The highest BCUT2D eigenvalue weighted by molar-refractivity contribution is 7.88. The summed E-state index contributed by atoms with van der Waals surface area (Å²) in [6.45, 7) is 2.27. The van der Waals surface area contributed by atoms with Crippen molar-refractivity contribution in [3.63, 3.8) is 0 Å². The van der Waals surface area contributed by atoms with E-state index in [9.17, 15) is 8.42 Å². The second-order valence-corrected chi connectivity index (χ2v) is 6.53. The molecule has 0 radical (unpaired) electrons. The van der Waals surface area contributed by atoms with Crippen LogP contribution >= 0.6 is 0 Å². The van der Waals surface area contributed by atoms with E-state index in [2.05, 4.69) is 5.16 Å². The Labute approximate surface area is 107 Å². The molecule has 1 aliphatic heterocycles. The minimum Gasteiger partial charge on any atom is -0.396 e. The van der Waals surface area contributed by atoms with Crippen molar-refractivity contribution in [3.05, 3.63) is 17.5 Å². The number of rotatable bonds is 5. The third-order valence-electron chi connectivity index (χ3n) is 3.15. The van der Waals surface area contributed by atoms with Gasteiger partial charge in [-0.15, -0.1) is 0 Å². The Morgan fingerprint density at radius 2 is 2.39 bits per heavy atom. The minimum atomic E-state index is -3.37. The molecule has 6 nitrogen and oxygen atoms in total. The van der Waals surface area contributed by atoms with E-state index < -0.39 is 10.0 Å². The van der Waals surface area contributed by atoms with E-state index in [0.717, 1.165) is 12.8 Å². The summed E-state index contributed by atoms with van der Waals surface area (Å²) in [5, 5.41) is 12.7. The van der Waals surface area contributed by atoms with Crippen molar-refractivity contribution in [2.24, 2.45) is 0 Å². The van der Waals surface area contributed by atoms with Crippen molar-refractivity contribution < 1.29 is 18.0 Å². The molecule has 7 heteroatoms. The predicted molar refractivity (Wildman–Crippen MR) is 65.3 cm³/mol. The molecule has 1 atom stereocenters. The summed E-state index contributed by atoms with van der Waals surface area (Å²) in [5.41, 5.74) is 0.433. The SMILES string of the molecule is Cc1cc(CS(=O)(=O)N2CCCC2CCO)no1. The van der Waals surface area contributed by atoms with E-state index in [1.54, 1.807) is 13.0 Å². The van der Waals surface area contributed by atoms with Gasteiger partial charge < -0.3 is 9.63 Å². The standard InChI is InChI=1S/C11H18N2O4S/c1-9-7-10(12-17-9)8-18(15,16)13-5-2-3-11(13)4-6-14/h7,11,14H,2-6,8H2,1H3. The highest BCUT2D eigenvalue weighted by atomic mass is 32.2. The Hall–Kier alpha value is -0.920. The zero-order valence-corrected chi connectivity index (χ0v) is 11.2. The van der Waals surface area contributed by atoms with Gasteiger partial charge in [0.05, 0.1) is 0 Å². The van der Waals surface area contributed by atoms with Gasteiger partial charge in [-0.2, -0.15) is 4.31 Å². The van der Waals surface area contributed by atoms with Crippen molar-refractivity contribution in [3.8, 4) is 0 Å². The quantitative estimate of drug-likeness (QED) is 0.852. The Morgan fingerprint density at radius 3 is 3.00 bits per heavy atom. The fourth-order valence-electron chi connectivity index (χ4n) is 2.37. The summed E-state index contributed by atoms with van der Waals surface area (Å²) in [6, 6.07) is 1.56. The molecule has 0 aromatic carbocycles. The van der Waals surface area contributed by atoms with E-state index in [4.69, 9.17) is 9.63 Å². The number of hydrogen-bond acceptors (Lipinski definition) is 5. The lowest BCUT2D eigenvalue weighted by atomic mass is 10.2. The summed E-state index contributed by atoms with van der Waals surface area (Å²) >= 11 is 0. The molecule has 0 aliphatic carbocycles. The summed E-state index contributed by atoms with van der Waals surface area (Å²) in [5.74, 6) is 0.472. The van der Waals surface area contributed by atoms with Gasteiger partial charge in [0, 0.05) is 25.3 Å². The lowest BCUT2D eigenvalue weighted by Gasteiger charge is -2.22. The number of aliphatic hydroxyl groups is 1. The zero-order chi connectivity index (χ0) is 13.2. The first-order chi connectivity index (χ1) is 8.53. The normalized spacial score (nSPS) is 21.6. The smallest absolute Gasteiger partial charge is 0.220 e. The first-order valence-electron chi connectivity index (χ1n) is 6.05. The zero-order valence-electron chi connectivity index (χ0n) is 10.4. The van der Waals surface area contributed by atoms with Crippen LogP contribution in [-0.2, 0) is 15.8 Å². The molecule has 0 saturated carbocycles. The highest BCUT2D eigenvalue weighted by Crippen LogP contribution is 2.25. The minimum absolute atomic E-state index is 0.0136. The van der Waals surface area contributed by atoms with Gasteiger partial charge in [-0.25, -0.2) is 8.42 Å². The molecule has 102 valence electrons. The molecular formula is C11H18N2O4S. The molecule has 0 bridgehead atoms. The van der Waals surface area contributed by atoms with E-state index >= 15 is 0 Å². The van der Waals surface area contributed by atoms with Crippen molar-refractivity contribution in [1.82, 2.24) is 9.46 Å². The van der Waals surface area contributed by atoms with E-state index in [1.165, 1.54) is 4.31 Å². The summed E-state index contributed by atoms with van der Waals surface area (Å²) < 4.78 is 30.9. The van der Waals surface area contributed by atoms with Crippen molar-refractivity contribution in [2.75, 3.05) is 13.2 Å². The Morgan fingerprint density at radius 1 is 1.61 bits per heavy atom. The van der Waals surface area contributed by atoms with Crippen LogP contribution in [0, 0.1) is 6.92 Å². The van der Waals surface area contributed by atoms with Crippen LogP contribution in [0.3, 0.4) is 0 Å². The lowest BCUT2D eigenvalue weighted by molar-refractivity contribution is 0.246. The fraction of sp³-hybridized carbons (Fsp3) is 0.727. The van der Waals surface area contributed by atoms with Crippen LogP contribution in [0.25, 0.3) is 0 Å². The monoisotopic (exact) mass is 274 g/mol. The van der Waals surface area contributed by atoms with Crippen LogP contribution in [0.15, 0.2) is 10.6 Å². The van der Waals surface area contributed by atoms with Gasteiger partial charge in [0.2, 0.25) is 10.0 Å². The van der Waals surface area contributed by atoms with Gasteiger partial charge >= 0.3 is 0 Å². The number of sulfonamides is 1. The Bertz CT molecular complexity index is 497. The van der Waals surface area contributed by atoms with Crippen molar-refractivity contribution in [1.29, 1.82) is 0 Å². The average molecular weight is 274 g/mol. The van der Waals surface area contributed by atoms with Crippen LogP contribution < -0.4 is 0 Å². The molecule has 1 unspecified atom stereocenters. The van der Waals surface area contributed by atoms with Gasteiger partial charge in [-0.3, -0.25) is 0 Å². The van der Waals surface area contributed by atoms with Crippen molar-refractivity contribution >= 4 is 10.0 Å². The summed E-state index contributed by atoms with van der Waals surface area (Å²) in [4.78, 5) is 0. The number of nitrogens with zero attached hydrogens (tertiary/aromatic N) is 2. The third kappa shape index (κ3) is 2.90. The summed E-state index contributed by atoms with van der Waals surface area (Å²) in [6.07, 6.45) is 2.16. The number of aromatic nitrogens is 1. The van der Waals surface area contributed by atoms with Crippen LogP contribution in [-0.4, -0.2) is 42.2 Å². The molecule has 2 heterocycles. The van der Waals surface area contributed by atoms with E-state index in [-0.39, 0.29) is 18.4 Å². The van der Waals surface area contributed by atoms with Crippen LogP contribution in [0.2, 0.25) is 0 Å². The molecule has 1 saturated heterocycles. The number of aryl methyl sites for hydroxylation is 1. The van der Waals surface area contributed by atoms with Gasteiger partial charge in [0.25, 0.3) is 0 Å². The number of aliphatic hydroxyl groups excluding tert-OH is 1. The second kappa shape index (κ2) is 5.38. The van der Waals surface area contributed by atoms with Gasteiger partial charge in [0.1, 0.15) is 17.2 Å². The molecule has 1 fully saturated rings. The molecule has 2 rings (SSSR count). The second-order valence-electron chi connectivity index (χ2n) is 4.60. The maximum atomic E-state index is 12.3. The molecule has 1 aromatic heterocycles. The molecule has 1 N–H and O–H groups in total. The van der Waals surface area contributed by atoms with Crippen LogP contribution in [0.1, 0.15) is 30.7 Å². The maximum absolute atomic E-state index is 12.3. The van der Waals surface area contributed by atoms with E-state index in [0.29, 0.717) is 24.4 Å². The van der Waals surface area contributed by atoms with Crippen LogP contribution in [0.5, 0.6) is 0 Å². The topological polar surface area (TPSA) is 83.6 Å². The largest absolute Gasteiger partial charge is 0.396 e. The van der Waals surface area contributed by atoms with Gasteiger partial charge in [-0.05, 0) is 26.2 Å². The maximum Gasteiger partial charge on any atom is 0.220 e. The first kappa shape index (κ1) is 13.5. The van der Waals surface area contributed by atoms with Crippen molar-refractivity contribution in [2.45, 2.75) is 38.0 Å². The molecule has 0 amide bonds. The lowest BCUT2D eigenvalue weighted by Crippen LogP contribution is -2.36. The van der Waals surface area contributed by atoms with Gasteiger partial charge in [-0.1, -0.05) is 5.16 Å². The van der Waals surface area contributed by atoms with Gasteiger partial charge in [0.15, 0.2) is 0 Å². The molecular weight excluding hydrogens is 256 g/mol. The van der Waals surface area contributed by atoms with E-state index in [1.807, 2.05) is 0 Å². The molecule has 18 heavy (non-hydrogen) atoms. The fourth-order valence-corrected chi connectivity index (χ4v) is 4.12. The first-order valence-corrected chi connectivity index (χ1v) is 7.66.